The number of anilines is 1. The van der Waals surface area contributed by atoms with Gasteiger partial charge in [-0.25, -0.2) is 8.42 Å². The number of aromatic nitrogens is 1. The summed E-state index contributed by atoms with van der Waals surface area (Å²) in [5.74, 6) is -0.736. The summed E-state index contributed by atoms with van der Waals surface area (Å²) in [7, 11) is -3.91. The van der Waals surface area contributed by atoms with Gasteiger partial charge in [0.2, 0.25) is 15.9 Å². The number of nitrogens with zero attached hydrogens (tertiary/aromatic N) is 1. The van der Waals surface area contributed by atoms with Gasteiger partial charge in [-0.05, 0) is 36.2 Å². The number of fused-ring (bicyclic) bond motifs is 1. The molecule has 0 aliphatic carbocycles. The number of halogens is 1. The third-order valence-electron chi connectivity index (χ3n) is 4.20. The average molecular weight is 418 g/mol. The Kier molecular flexibility index (Phi) is 5.98. The molecule has 0 saturated heterocycles. The Morgan fingerprint density at radius 2 is 1.82 bits per heavy atom. The molecule has 1 heterocycles. The van der Waals surface area contributed by atoms with Crippen LogP contribution in [-0.4, -0.2) is 25.4 Å². The van der Waals surface area contributed by atoms with Crippen LogP contribution in [0, 0.1) is 5.92 Å². The summed E-state index contributed by atoms with van der Waals surface area (Å²) in [5.41, 5.74) is 1.30. The summed E-state index contributed by atoms with van der Waals surface area (Å²) < 4.78 is 27.8. The quantitative estimate of drug-likeness (QED) is 0.638. The van der Waals surface area contributed by atoms with Crippen molar-refractivity contribution < 1.29 is 13.2 Å². The van der Waals surface area contributed by atoms with Crippen LogP contribution in [-0.2, 0) is 14.8 Å². The van der Waals surface area contributed by atoms with Crippen LogP contribution in [0.15, 0.2) is 65.7 Å². The highest BCUT2D eigenvalue weighted by molar-refractivity contribution is 7.89. The highest BCUT2D eigenvalue weighted by Crippen LogP contribution is 2.19. The van der Waals surface area contributed by atoms with Gasteiger partial charge in [0.05, 0.1) is 22.3 Å². The Labute approximate surface area is 169 Å². The van der Waals surface area contributed by atoms with Gasteiger partial charge < -0.3 is 5.32 Å². The fraction of sp³-hybridized carbons (Fsp3) is 0.200. The van der Waals surface area contributed by atoms with Crippen LogP contribution >= 0.6 is 11.6 Å². The lowest BCUT2D eigenvalue weighted by molar-refractivity contribution is -0.118. The van der Waals surface area contributed by atoms with Crippen LogP contribution in [0.5, 0.6) is 0 Å². The predicted octanol–water partition coefficient (Wildman–Crippen LogP) is 3.83. The molecule has 8 heteroatoms. The minimum absolute atomic E-state index is 0.00539. The topological polar surface area (TPSA) is 88.2 Å². The first-order valence-corrected chi connectivity index (χ1v) is 10.6. The summed E-state index contributed by atoms with van der Waals surface area (Å²) in [4.78, 5) is 17.1. The predicted molar refractivity (Wildman–Crippen MR) is 111 cm³/mol. The molecule has 3 aromatic rings. The number of hydrogen-bond donors (Lipinski definition) is 2. The number of para-hydroxylation sites is 1. The van der Waals surface area contributed by atoms with E-state index in [0.29, 0.717) is 10.7 Å². The summed E-state index contributed by atoms with van der Waals surface area (Å²) in [5, 5.41) is 3.92. The smallest absolute Gasteiger partial charge is 0.242 e. The minimum atomic E-state index is -3.91. The largest absolute Gasteiger partial charge is 0.323 e. The number of carbonyl (C=O) groups is 1. The zero-order valence-electron chi connectivity index (χ0n) is 15.4. The van der Waals surface area contributed by atoms with Gasteiger partial charge in [-0.1, -0.05) is 49.7 Å². The van der Waals surface area contributed by atoms with E-state index in [0.717, 1.165) is 10.9 Å². The van der Waals surface area contributed by atoms with Gasteiger partial charge in [0.1, 0.15) is 6.04 Å². The van der Waals surface area contributed by atoms with E-state index in [4.69, 9.17) is 11.6 Å². The number of sulfonamides is 1. The number of nitrogens with one attached hydrogen (secondary N) is 2. The first-order valence-electron chi connectivity index (χ1n) is 8.70. The van der Waals surface area contributed by atoms with Crippen LogP contribution in [0.1, 0.15) is 13.8 Å². The second-order valence-corrected chi connectivity index (χ2v) is 8.86. The first kappa shape index (κ1) is 20.3. The standard InChI is InChI=1S/C20H20ClN3O3S/c1-13(2)19(24-28(26,27)17-8-5-7-15(21)11-17)20(25)23-16-10-14-6-3-4-9-18(14)22-12-16/h3-13,19,24H,1-2H3,(H,23,25)/t19-/m1/s1. The van der Waals surface area contributed by atoms with Crippen molar-refractivity contribution in [1.82, 2.24) is 9.71 Å². The lowest BCUT2D eigenvalue weighted by Crippen LogP contribution is -2.47. The number of pyridine rings is 1. The maximum absolute atomic E-state index is 12.8. The molecule has 0 saturated carbocycles. The van der Waals surface area contributed by atoms with Crippen molar-refractivity contribution >= 4 is 44.1 Å². The van der Waals surface area contributed by atoms with E-state index in [-0.39, 0.29) is 10.8 Å². The van der Waals surface area contributed by atoms with Crippen molar-refractivity contribution in [2.45, 2.75) is 24.8 Å². The number of carbonyl (C=O) groups excluding carboxylic acids is 1. The van der Waals surface area contributed by atoms with E-state index in [2.05, 4.69) is 15.0 Å². The van der Waals surface area contributed by atoms with Crippen LogP contribution in [0.2, 0.25) is 5.02 Å². The van der Waals surface area contributed by atoms with Crippen LogP contribution in [0.3, 0.4) is 0 Å². The molecular weight excluding hydrogens is 398 g/mol. The van der Waals surface area contributed by atoms with E-state index >= 15 is 0 Å². The molecule has 2 aromatic carbocycles. The van der Waals surface area contributed by atoms with Gasteiger partial charge in [-0.15, -0.1) is 0 Å². The molecule has 1 aromatic heterocycles. The van der Waals surface area contributed by atoms with E-state index in [9.17, 15) is 13.2 Å². The minimum Gasteiger partial charge on any atom is -0.323 e. The van der Waals surface area contributed by atoms with Crippen molar-refractivity contribution in [2.75, 3.05) is 5.32 Å². The zero-order chi connectivity index (χ0) is 20.3. The van der Waals surface area contributed by atoms with Crippen LogP contribution in [0.25, 0.3) is 10.9 Å². The summed E-state index contributed by atoms with van der Waals surface area (Å²) in [6.07, 6.45) is 1.54. The molecule has 1 amide bonds. The molecule has 0 fully saturated rings. The number of hydrogen-bond acceptors (Lipinski definition) is 4. The Morgan fingerprint density at radius 3 is 2.54 bits per heavy atom. The molecule has 0 spiro atoms. The molecular formula is C20H20ClN3O3S. The van der Waals surface area contributed by atoms with Crippen LogP contribution in [0.4, 0.5) is 5.69 Å². The van der Waals surface area contributed by atoms with Gasteiger partial charge >= 0.3 is 0 Å². The molecule has 28 heavy (non-hydrogen) atoms. The first-order chi connectivity index (χ1) is 13.3. The third kappa shape index (κ3) is 4.67. The number of benzene rings is 2. The van der Waals surface area contributed by atoms with Crippen molar-refractivity contribution in [3.63, 3.8) is 0 Å². The molecule has 0 aliphatic heterocycles. The lowest BCUT2D eigenvalue weighted by Gasteiger charge is -2.21. The molecule has 0 aliphatic rings. The molecule has 146 valence electrons. The highest BCUT2D eigenvalue weighted by Gasteiger charge is 2.28. The summed E-state index contributed by atoms with van der Waals surface area (Å²) >= 11 is 5.89. The Bertz CT molecular complexity index is 1120. The van der Waals surface area contributed by atoms with E-state index < -0.39 is 22.0 Å². The SMILES string of the molecule is CC(C)[C@@H](NS(=O)(=O)c1cccc(Cl)c1)C(=O)Nc1cnc2ccccc2c1. The lowest BCUT2D eigenvalue weighted by atomic mass is 10.0. The highest BCUT2D eigenvalue weighted by atomic mass is 35.5. The van der Waals surface area contributed by atoms with E-state index in [1.807, 2.05) is 24.3 Å². The van der Waals surface area contributed by atoms with E-state index in [1.54, 1.807) is 38.2 Å². The monoisotopic (exact) mass is 417 g/mol. The second-order valence-electron chi connectivity index (χ2n) is 6.71. The fourth-order valence-electron chi connectivity index (χ4n) is 2.72. The van der Waals surface area contributed by atoms with Gasteiger partial charge in [0.15, 0.2) is 0 Å². The molecule has 0 bridgehead atoms. The maximum atomic E-state index is 12.8. The average Bonchev–Trinajstić information content (AvgIpc) is 2.66. The summed E-state index contributed by atoms with van der Waals surface area (Å²) in [6, 6.07) is 14.2. The van der Waals surface area contributed by atoms with Crippen molar-refractivity contribution in [2.24, 2.45) is 5.92 Å². The summed E-state index contributed by atoms with van der Waals surface area (Å²) in [6.45, 7) is 3.53. The normalized spacial score (nSPS) is 12.9. The molecule has 2 N–H and O–H groups in total. The Balaban J connectivity index is 1.81. The maximum Gasteiger partial charge on any atom is 0.242 e. The molecule has 0 unspecified atom stereocenters. The number of rotatable bonds is 6. The van der Waals surface area contributed by atoms with Gasteiger partial charge in [-0.3, -0.25) is 9.78 Å². The molecule has 6 nitrogen and oxygen atoms in total. The fourth-order valence-corrected chi connectivity index (χ4v) is 4.37. The van der Waals surface area contributed by atoms with Gasteiger partial charge in [-0.2, -0.15) is 4.72 Å². The van der Waals surface area contributed by atoms with Crippen molar-refractivity contribution in [3.05, 3.63) is 65.8 Å². The number of amides is 1. The molecule has 1 atom stereocenters. The van der Waals surface area contributed by atoms with Gasteiger partial charge in [0.25, 0.3) is 0 Å². The van der Waals surface area contributed by atoms with Crippen LogP contribution < -0.4 is 10.0 Å². The zero-order valence-corrected chi connectivity index (χ0v) is 17.0. The van der Waals surface area contributed by atoms with Crippen molar-refractivity contribution in [1.29, 1.82) is 0 Å². The third-order valence-corrected chi connectivity index (χ3v) is 5.87. The second kappa shape index (κ2) is 8.26. The molecule has 0 radical (unpaired) electrons. The molecule has 3 rings (SSSR count). The Morgan fingerprint density at radius 1 is 1.07 bits per heavy atom. The van der Waals surface area contributed by atoms with Crippen molar-refractivity contribution in [3.8, 4) is 0 Å². The Hall–Kier alpha value is -2.48. The van der Waals surface area contributed by atoms with E-state index in [1.165, 1.54) is 12.1 Å². The van der Waals surface area contributed by atoms with Gasteiger partial charge in [0, 0.05) is 10.4 Å².